The number of rotatable bonds is 4. The number of quaternary nitrogens is 1. The Hall–Kier alpha value is -2.21. The van der Waals surface area contributed by atoms with Crippen LogP contribution >= 0.6 is 0 Å². The molecule has 1 saturated carbocycles. The van der Waals surface area contributed by atoms with E-state index in [1.54, 1.807) is 24.3 Å². The highest BCUT2D eigenvalue weighted by Crippen LogP contribution is 2.24. The van der Waals surface area contributed by atoms with Gasteiger partial charge in [-0.2, -0.15) is 0 Å². The van der Waals surface area contributed by atoms with E-state index in [0.717, 1.165) is 12.8 Å². The van der Waals surface area contributed by atoms with Gasteiger partial charge in [-0.1, -0.05) is 6.42 Å². The van der Waals surface area contributed by atoms with Gasteiger partial charge in [0.15, 0.2) is 6.04 Å². The van der Waals surface area contributed by atoms with Crippen molar-refractivity contribution in [3.8, 4) is 0 Å². The molecule has 0 spiro atoms. The van der Waals surface area contributed by atoms with Crippen molar-refractivity contribution in [2.75, 3.05) is 17.3 Å². The Morgan fingerprint density at radius 3 is 2.36 bits per heavy atom. The molecular weight excluding hydrogens is 318 g/mol. The third-order valence-corrected chi connectivity index (χ3v) is 5.39. The number of benzene rings is 1. The molecule has 1 aliphatic carbocycles. The first-order valence-corrected chi connectivity index (χ1v) is 9.05. The number of carbonyl (C=O) groups is 3. The summed E-state index contributed by atoms with van der Waals surface area (Å²) >= 11 is 0. The van der Waals surface area contributed by atoms with Gasteiger partial charge in [-0.3, -0.25) is 14.4 Å². The maximum Gasteiger partial charge on any atom is 0.292 e. The van der Waals surface area contributed by atoms with Crippen molar-refractivity contribution < 1.29 is 19.3 Å². The van der Waals surface area contributed by atoms with Crippen molar-refractivity contribution in [3.63, 3.8) is 0 Å². The van der Waals surface area contributed by atoms with Crippen LogP contribution in [0.2, 0.25) is 0 Å². The van der Waals surface area contributed by atoms with Crippen molar-refractivity contribution in [3.05, 3.63) is 24.3 Å². The summed E-state index contributed by atoms with van der Waals surface area (Å²) in [5, 5.41) is 2.68. The molecule has 1 saturated heterocycles. The molecule has 2 aliphatic rings. The molecule has 25 heavy (non-hydrogen) atoms. The number of carbonyl (C=O) groups excluding carboxylic acids is 3. The summed E-state index contributed by atoms with van der Waals surface area (Å²) < 4.78 is 0. The molecule has 3 rings (SSSR count). The molecular formula is C19H26N3O3+. The zero-order chi connectivity index (χ0) is 18.0. The maximum absolute atomic E-state index is 12.9. The van der Waals surface area contributed by atoms with E-state index in [9.17, 15) is 14.4 Å². The normalized spacial score (nSPS) is 23.0. The second kappa shape index (κ2) is 7.35. The number of nitrogens with zero attached hydrogens (tertiary/aromatic N) is 1. The van der Waals surface area contributed by atoms with Gasteiger partial charge in [-0.25, -0.2) is 4.90 Å². The highest BCUT2D eigenvalue weighted by Gasteiger charge is 2.46. The molecule has 2 fully saturated rings. The lowest BCUT2D eigenvalue weighted by atomic mass is 9.93. The number of likely N-dealkylation sites (N-methyl/N-ethyl adjacent to an activating group) is 1. The first-order valence-electron chi connectivity index (χ1n) is 9.05. The van der Waals surface area contributed by atoms with Crippen LogP contribution in [0.3, 0.4) is 0 Å². The summed E-state index contributed by atoms with van der Waals surface area (Å²) in [7, 11) is 2.05. The van der Waals surface area contributed by atoms with Gasteiger partial charge in [0.05, 0.1) is 25.2 Å². The molecule has 2 atom stereocenters. The SMILES string of the molecule is CC(=O)Nc1ccc(N2C(=O)C[C@H]([NH+](C)C3CCCCC3)C2=O)cc1. The van der Waals surface area contributed by atoms with E-state index < -0.39 is 0 Å². The van der Waals surface area contributed by atoms with Gasteiger partial charge < -0.3 is 10.2 Å². The number of imide groups is 1. The van der Waals surface area contributed by atoms with Crippen LogP contribution in [-0.2, 0) is 14.4 Å². The summed E-state index contributed by atoms with van der Waals surface area (Å²) in [5.74, 6) is -0.406. The Kier molecular flexibility index (Phi) is 5.18. The van der Waals surface area contributed by atoms with E-state index in [1.165, 1.54) is 36.0 Å². The third-order valence-electron chi connectivity index (χ3n) is 5.39. The van der Waals surface area contributed by atoms with Gasteiger partial charge in [-0.05, 0) is 49.9 Å². The van der Waals surface area contributed by atoms with Crippen LogP contribution in [0.15, 0.2) is 24.3 Å². The molecule has 2 N–H and O–H groups in total. The third kappa shape index (κ3) is 3.74. The van der Waals surface area contributed by atoms with Crippen molar-refractivity contribution in [2.24, 2.45) is 0 Å². The highest BCUT2D eigenvalue weighted by molar-refractivity contribution is 6.21. The Balaban J connectivity index is 1.73. The van der Waals surface area contributed by atoms with Crippen LogP contribution < -0.4 is 15.1 Å². The van der Waals surface area contributed by atoms with Crippen molar-refractivity contribution in [1.29, 1.82) is 0 Å². The van der Waals surface area contributed by atoms with Crippen LogP contribution in [0.1, 0.15) is 45.4 Å². The molecule has 0 aromatic heterocycles. The topological polar surface area (TPSA) is 70.9 Å². The number of anilines is 2. The minimum absolute atomic E-state index is 0.111. The van der Waals surface area contributed by atoms with Crippen LogP contribution in [0.25, 0.3) is 0 Å². The molecule has 1 unspecified atom stereocenters. The Bertz CT molecular complexity index is 665. The zero-order valence-corrected chi connectivity index (χ0v) is 14.9. The average molecular weight is 344 g/mol. The zero-order valence-electron chi connectivity index (χ0n) is 14.9. The maximum atomic E-state index is 12.9. The Labute approximate surface area is 148 Å². The van der Waals surface area contributed by atoms with E-state index in [2.05, 4.69) is 12.4 Å². The lowest BCUT2D eigenvalue weighted by Gasteiger charge is -2.31. The molecule has 0 bridgehead atoms. The average Bonchev–Trinajstić information content (AvgIpc) is 2.90. The number of amides is 3. The fourth-order valence-corrected chi connectivity index (χ4v) is 4.00. The van der Waals surface area contributed by atoms with E-state index in [1.807, 2.05) is 0 Å². The molecule has 1 aliphatic heterocycles. The minimum atomic E-state index is -0.286. The van der Waals surface area contributed by atoms with E-state index in [4.69, 9.17) is 0 Å². The van der Waals surface area contributed by atoms with Gasteiger partial charge in [-0.15, -0.1) is 0 Å². The van der Waals surface area contributed by atoms with Crippen LogP contribution in [0, 0.1) is 0 Å². The number of hydrogen-bond acceptors (Lipinski definition) is 3. The van der Waals surface area contributed by atoms with Crippen molar-refractivity contribution in [2.45, 2.75) is 57.5 Å². The Morgan fingerprint density at radius 1 is 1.12 bits per heavy atom. The predicted octanol–water partition coefficient (Wildman–Crippen LogP) is 1.12. The standard InChI is InChI=1S/C19H25N3O3/c1-13(23)20-14-8-10-16(11-9-14)22-18(24)12-17(19(22)25)21(2)15-6-4-3-5-7-15/h8-11,15,17H,3-7,12H2,1-2H3,(H,20,23)/p+1/t17-/m0/s1. The molecule has 0 radical (unpaired) electrons. The molecule has 3 amide bonds. The van der Waals surface area contributed by atoms with Crippen molar-refractivity contribution >= 4 is 29.1 Å². The largest absolute Gasteiger partial charge is 0.326 e. The molecule has 6 nitrogen and oxygen atoms in total. The van der Waals surface area contributed by atoms with Crippen molar-refractivity contribution in [1.82, 2.24) is 0 Å². The van der Waals surface area contributed by atoms with Gasteiger partial charge in [0.1, 0.15) is 0 Å². The van der Waals surface area contributed by atoms with Crippen LogP contribution in [0.4, 0.5) is 11.4 Å². The van der Waals surface area contributed by atoms with Gasteiger partial charge in [0, 0.05) is 12.6 Å². The van der Waals surface area contributed by atoms with E-state index in [0.29, 0.717) is 17.4 Å². The van der Waals surface area contributed by atoms with Crippen LogP contribution in [0.5, 0.6) is 0 Å². The minimum Gasteiger partial charge on any atom is -0.326 e. The van der Waals surface area contributed by atoms with Gasteiger partial charge in [0.2, 0.25) is 11.8 Å². The molecule has 1 aromatic carbocycles. The van der Waals surface area contributed by atoms with Gasteiger partial charge >= 0.3 is 0 Å². The summed E-state index contributed by atoms with van der Waals surface area (Å²) in [4.78, 5) is 38.9. The quantitative estimate of drug-likeness (QED) is 0.804. The summed E-state index contributed by atoms with van der Waals surface area (Å²) in [6.45, 7) is 1.44. The number of hydrogen-bond donors (Lipinski definition) is 2. The predicted molar refractivity (Wildman–Crippen MR) is 95.4 cm³/mol. The fourth-order valence-electron chi connectivity index (χ4n) is 4.00. The summed E-state index contributed by atoms with van der Waals surface area (Å²) in [5.41, 5.74) is 1.22. The number of nitrogens with one attached hydrogen (secondary N) is 2. The molecule has 6 heteroatoms. The van der Waals surface area contributed by atoms with Gasteiger partial charge in [0.25, 0.3) is 5.91 Å². The first-order chi connectivity index (χ1) is 12.0. The molecule has 1 aromatic rings. The second-order valence-electron chi connectivity index (χ2n) is 7.13. The van der Waals surface area contributed by atoms with Crippen LogP contribution in [-0.4, -0.2) is 36.9 Å². The first kappa shape index (κ1) is 17.6. The van der Waals surface area contributed by atoms with E-state index in [-0.39, 0.29) is 30.2 Å². The smallest absolute Gasteiger partial charge is 0.292 e. The summed E-state index contributed by atoms with van der Waals surface area (Å²) in [6, 6.07) is 7.02. The fraction of sp³-hybridized carbons (Fsp3) is 0.526. The molecule has 134 valence electrons. The second-order valence-corrected chi connectivity index (χ2v) is 7.13. The Morgan fingerprint density at radius 2 is 1.76 bits per heavy atom. The summed E-state index contributed by atoms with van der Waals surface area (Å²) in [6.07, 6.45) is 6.24. The van der Waals surface area contributed by atoms with E-state index >= 15 is 0 Å². The lowest BCUT2D eigenvalue weighted by molar-refractivity contribution is -0.922. The monoisotopic (exact) mass is 344 g/mol. The highest BCUT2D eigenvalue weighted by atomic mass is 16.2. The molecule has 1 heterocycles. The lowest BCUT2D eigenvalue weighted by Crippen LogP contribution is -3.17.